The van der Waals surface area contributed by atoms with Gasteiger partial charge >= 0.3 is 11.7 Å². The molecule has 2 aromatic heterocycles. The van der Waals surface area contributed by atoms with Crippen molar-refractivity contribution in [3.8, 4) is 0 Å². The van der Waals surface area contributed by atoms with Crippen molar-refractivity contribution in [1.82, 2.24) is 9.55 Å². The minimum Gasteiger partial charge on any atom is -0.452 e. The monoisotopic (exact) mass is 422 g/mol. The van der Waals surface area contributed by atoms with Crippen molar-refractivity contribution in [3.63, 3.8) is 0 Å². The molecule has 2 rings (SSSR count). The Balaban J connectivity index is 2.33. The van der Waals surface area contributed by atoms with Crippen molar-refractivity contribution in [1.29, 1.82) is 0 Å². The predicted octanol–water partition coefficient (Wildman–Crippen LogP) is 1.83. The molecule has 0 aliphatic rings. The van der Waals surface area contributed by atoms with Crippen LogP contribution in [-0.4, -0.2) is 34.6 Å². The van der Waals surface area contributed by atoms with E-state index < -0.39 is 29.7 Å². The van der Waals surface area contributed by atoms with Gasteiger partial charge in [-0.15, -0.1) is 0 Å². The van der Waals surface area contributed by atoms with Crippen LogP contribution in [0, 0.1) is 5.92 Å². The minimum atomic E-state index is -0.749. The van der Waals surface area contributed by atoms with Gasteiger partial charge in [0.2, 0.25) is 0 Å². The summed E-state index contributed by atoms with van der Waals surface area (Å²) < 4.78 is 6.32. The number of rotatable bonds is 9. The van der Waals surface area contributed by atoms with Gasteiger partial charge < -0.3 is 15.4 Å². The number of ether oxygens (including phenoxy) is 1. The van der Waals surface area contributed by atoms with Gasteiger partial charge in [0.25, 0.3) is 11.5 Å². The summed E-state index contributed by atoms with van der Waals surface area (Å²) in [6.45, 7) is 5.70. The molecule has 3 N–H and O–H groups in total. The van der Waals surface area contributed by atoms with Gasteiger partial charge in [0.05, 0.1) is 5.56 Å². The highest BCUT2D eigenvalue weighted by atomic mass is 32.1. The molecule has 0 fully saturated rings. The molecule has 0 saturated heterocycles. The summed E-state index contributed by atoms with van der Waals surface area (Å²) in [6, 6.07) is 1.59. The number of amides is 1. The maximum atomic E-state index is 12.8. The number of nitrogens with zero attached hydrogens (tertiary/aromatic N) is 2. The molecule has 0 unspecified atom stereocenters. The Morgan fingerprint density at radius 2 is 2.07 bits per heavy atom. The molecule has 10 heteroatoms. The topological polar surface area (TPSA) is 127 Å². The zero-order valence-electron chi connectivity index (χ0n) is 16.8. The normalized spacial score (nSPS) is 10.9. The molecule has 0 aliphatic carbocycles. The Kier molecular flexibility index (Phi) is 7.77. The third-order valence-corrected chi connectivity index (χ3v) is 4.83. The van der Waals surface area contributed by atoms with Gasteiger partial charge in [-0.05, 0) is 23.8 Å². The first kappa shape index (κ1) is 22.4. The molecular formula is C19H26N4O5S. The number of aromatic amines is 1. The quantitative estimate of drug-likeness (QED) is 0.594. The van der Waals surface area contributed by atoms with Gasteiger partial charge in [0.1, 0.15) is 5.82 Å². The predicted molar refractivity (Wildman–Crippen MR) is 112 cm³/mol. The average molecular weight is 423 g/mol. The first-order valence-electron chi connectivity index (χ1n) is 9.38. The average Bonchev–Trinajstić information content (AvgIpc) is 3.20. The van der Waals surface area contributed by atoms with E-state index in [-0.39, 0.29) is 30.5 Å². The van der Waals surface area contributed by atoms with E-state index in [9.17, 15) is 19.2 Å². The van der Waals surface area contributed by atoms with Gasteiger partial charge in [-0.3, -0.25) is 19.1 Å². The van der Waals surface area contributed by atoms with Crippen molar-refractivity contribution >= 4 is 34.7 Å². The molecule has 9 nitrogen and oxygen atoms in total. The highest BCUT2D eigenvalue weighted by Gasteiger charge is 2.25. The Labute approximate surface area is 172 Å². The van der Waals surface area contributed by atoms with E-state index in [0.717, 1.165) is 6.42 Å². The number of anilines is 2. The highest BCUT2D eigenvalue weighted by molar-refractivity contribution is 7.08. The SMILES string of the molecule is CCCCN(C(=O)COC(=O)c1ccsc1)c1c(N)n(CC(C)C)c(=O)[nH]c1=O. The molecule has 158 valence electrons. The lowest BCUT2D eigenvalue weighted by atomic mass is 10.2. The van der Waals surface area contributed by atoms with E-state index in [0.29, 0.717) is 12.0 Å². The van der Waals surface area contributed by atoms with E-state index in [1.54, 1.807) is 16.8 Å². The third-order valence-electron chi connectivity index (χ3n) is 4.15. The molecule has 0 aliphatic heterocycles. The number of unbranched alkanes of at least 4 members (excludes halogenated alkanes) is 1. The molecule has 0 saturated carbocycles. The second kappa shape index (κ2) is 10.1. The number of carbonyl (C=O) groups excluding carboxylic acids is 2. The molecule has 29 heavy (non-hydrogen) atoms. The van der Waals surface area contributed by atoms with Crippen molar-refractivity contribution in [2.45, 2.75) is 40.2 Å². The molecule has 0 radical (unpaired) electrons. The first-order valence-corrected chi connectivity index (χ1v) is 10.3. The highest BCUT2D eigenvalue weighted by Crippen LogP contribution is 2.19. The number of esters is 1. The van der Waals surface area contributed by atoms with E-state index in [1.807, 2.05) is 20.8 Å². The van der Waals surface area contributed by atoms with E-state index in [1.165, 1.54) is 20.8 Å². The second-order valence-corrected chi connectivity index (χ2v) is 7.76. The lowest BCUT2D eigenvalue weighted by Gasteiger charge is -2.24. The first-order chi connectivity index (χ1) is 13.8. The Hall–Kier alpha value is -2.88. The summed E-state index contributed by atoms with van der Waals surface area (Å²) >= 11 is 1.34. The maximum Gasteiger partial charge on any atom is 0.339 e. The van der Waals surface area contributed by atoms with Crippen LogP contribution < -0.4 is 21.9 Å². The summed E-state index contributed by atoms with van der Waals surface area (Å²) in [6.07, 6.45) is 1.37. The summed E-state index contributed by atoms with van der Waals surface area (Å²) in [5.74, 6) is -1.20. The van der Waals surface area contributed by atoms with Crippen LogP contribution in [0.1, 0.15) is 44.0 Å². The van der Waals surface area contributed by atoms with E-state index in [2.05, 4.69) is 4.98 Å². The second-order valence-electron chi connectivity index (χ2n) is 6.98. The molecule has 2 heterocycles. The third kappa shape index (κ3) is 5.57. The zero-order valence-corrected chi connectivity index (χ0v) is 17.6. The van der Waals surface area contributed by atoms with E-state index in [4.69, 9.17) is 10.5 Å². The molecule has 1 amide bonds. The number of nitrogens with two attached hydrogens (primary N) is 1. The molecule has 0 bridgehead atoms. The van der Waals surface area contributed by atoms with Crippen molar-refractivity contribution < 1.29 is 14.3 Å². The van der Waals surface area contributed by atoms with Gasteiger partial charge in [-0.25, -0.2) is 9.59 Å². The number of carbonyl (C=O) groups is 2. The number of H-pyrrole nitrogens is 1. The van der Waals surface area contributed by atoms with Crippen LogP contribution in [0.4, 0.5) is 11.5 Å². The van der Waals surface area contributed by atoms with Crippen LogP contribution in [0.5, 0.6) is 0 Å². The number of hydrogen-bond donors (Lipinski definition) is 2. The van der Waals surface area contributed by atoms with Gasteiger partial charge in [0, 0.05) is 18.5 Å². The van der Waals surface area contributed by atoms with Crippen LogP contribution in [0.15, 0.2) is 26.4 Å². The number of hydrogen-bond acceptors (Lipinski definition) is 7. The molecule has 0 aromatic carbocycles. The van der Waals surface area contributed by atoms with Crippen LogP contribution >= 0.6 is 11.3 Å². The zero-order chi connectivity index (χ0) is 21.6. The number of thiophene rings is 1. The van der Waals surface area contributed by atoms with Gasteiger partial charge in [-0.2, -0.15) is 11.3 Å². The summed E-state index contributed by atoms with van der Waals surface area (Å²) in [5.41, 5.74) is 4.99. The lowest BCUT2D eigenvalue weighted by Crippen LogP contribution is -2.43. The fraction of sp³-hybridized carbons (Fsp3) is 0.474. The Bertz CT molecular complexity index is 962. The smallest absolute Gasteiger partial charge is 0.339 e. The van der Waals surface area contributed by atoms with Crippen molar-refractivity contribution in [2.24, 2.45) is 5.92 Å². The minimum absolute atomic E-state index is 0.0823. The fourth-order valence-corrected chi connectivity index (χ4v) is 3.36. The largest absolute Gasteiger partial charge is 0.452 e. The Morgan fingerprint density at radius 1 is 1.34 bits per heavy atom. The summed E-state index contributed by atoms with van der Waals surface area (Å²) in [5, 5.41) is 3.34. The number of aromatic nitrogens is 2. The summed E-state index contributed by atoms with van der Waals surface area (Å²) in [7, 11) is 0. The van der Waals surface area contributed by atoms with Crippen LogP contribution in [0.3, 0.4) is 0 Å². The lowest BCUT2D eigenvalue weighted by molar-refractivity contribution is -0.121. The molecule has 0 spiro atoms. The fourth-order valence-electron chi connectivity index (χ4n) is 2.73. The Morgan fingerprint density at radius 3 is 2.66 bits per heavy atom. The van der Waals surface area contributed by atoms with E-state index >= 15 is 0 Å². The summed E-state index contributed by atoms with van der Waals surface area (Å²) in [4.78, 5) is 52.9. The molecule has 0 atom stereocenters. The molecule has 2 aromatic rings. The van der Waals surface area contributed by atoms with Crippen molar-refractivity contribution in [2.75, 3.05) is 23.8 Å². The van der Waals surface area contributed by atoms with Crippen LogP contribution in [-0.2, 0) is 16.1 Å². The maximum absolute atomic E-state index is 12.8. The number of nitrogens with one attached hydrogen (secondary N) is 1. The van der Waals surface area contributed by atoms with Crippen molar-refractivity contribution in [3.05, 3.63) is 43.2 Å². The number of nitrogen functional groups attached to an aromatic ring is 1. The standard InChI is InChI=1S/C19H26N4O5S/c1-4-5-7-22(14(24)10-28-18(26)13-6-8-29-11-13)15-16(20)23(9-12(2)3)19(27)21-17(15)25/h6,8,11-12H,4-5,7,9-10,20H2,1-3H3,(H,21,25,27). The van der Waals surface area contributed by atoms with Gasteiger partial charge in [-0.1, -0.05) is 27.2 Å². The van der Waals surface area contributed by atoms with Crippen LogP contribution in [0.25, 0.3) is 0 Å². The van der Waals surface area contributed by atoms with Crippen LogP contribution in [0.2, 0.25) is 0 Å². The van der Waals surface area contributed by atoms with Gasteiger partial charge in [0.15, 0.2) is 12.3 Å². The molecular weight excluding hydrogens is 396 g/mol.